The van der Waals surface area contributed by atoms with Crippen molar-refractivity contribution in [2.75, 3.05) is 11.5 Å². The van der Waals surface area contributed by atoms with Crippen molar-refractivity contribution >= 4 is 52.3 Å². The summed E-state index contributed by atoms with van der Waals surface area (Å²) in [6.07, 6.45) is 0. The lowest BCUT2D eigenvalue weighted by Gasteiger charge is -2.13. The highest BCUT2D eigenvalue weighted by Crippen LogP contribution is 2.37. The van der Waals surface area contributed by atoms with E-state index in [1.807, 2.05) is 12.1 Å². The van der Waals surface area contributed by atoms with E-state index in [2.05, 4.69) is 4.98 Å². The van der Waals surface area contributed by atoms with Crippen LogP contribution in [0.5, 0.6) is 0 Å². The number of aromatic nitrogens is 1. The summed E-state index contributed by atoms with van der Waals surface area (Å²) in [5.74, 6) is -0.825. The Hall–Kier alpha value is -3.63. The Kier molecular flexibility index (Phi) is 10.0. The maximum Gasteiger partial charge on any atom is 0.270 e. The predicted octanol–water partition coefficient (Wildman–Crippen LogP) is 6.54. The van der Waals surface area contributed by atoms with Gasteiger partial charge in [-0.2, -0.15) is 10.5 Å². The number of anilines is 1. The molecule has 174 valence electrons. The lowest BCUT2D eigenvalue weighted by Crippen LogP contribution is -2.07. The van der Waals surface area contributed by atoms with Crippen LogP contribution in [0.2, 0.25) is 10.0 Å². The smallest absolute Gasteiger partial charge is 0.270 e. The minimum atomic E-state index is -0.631. The Morgan fingerprint density at radius 3 is 2.38 bits per heavy atom. The third-order valence-electron chi connectivity index (χ3n) is 4.33. The van der Waals surface area contributed by atoms with Crippen molar-refractivity contribution in [1.29, 1.82) is 10.5 Å². The second kappa shape index (κ2) is 12.0. The van der Waals surface area contributed by atoms with Crippen LogP contribution < -0.4 is 5.73 Å². The molecule has 0 amide bonds. The van der Waals surface area contributed by atoms with Gasteiger partial charge in [-0.15, -0.1) is 0 Å². The van der Waals surface area contributed by atoms with Crippen molar-refractivity contribution in [2.24, 2.45) is 0 Å². The van der Waals surface area contributed by atoms with Crippen molar-refractivity contribution in [3.8, 4) is 23.3 Å². The maximum absolute atomic E-state index is 12.7. The predicted molar refractivity (Wildman–Crippen MR) is 135 cm³/mol. The maximum atomic E-state index is 12.7. The van der Waals surface area contributed by atoms with Crippen LogP contribution in [0.3, 0.4) is 0 Å². The molecule has 1 heterocycles. The number of benzene rings is 2. The van der Waals surface area contributed by atoms with Crippen LogP contribution in [0.25, 0.3) is 11.1 Å². The van der Waals surface area contributed by atoms with Gasteiger partial charge in [0.15, 0.2) is 5.78 Å². The number of nitriles is 2. The van der Waals surface area contributed by atoms with E-state index in [1.165, 1.54) is 12.1 Å². The average molecular weight is 516 g/mol. The van der Waals surface area contributed by atoms with Crippen LogP contribution in [0.1, 0.15) is 36.3 Å². The number of nitro benzene ring substituents is 1. The number of non-ortho nitro benzene ring substituents is 1. The molecule has 8 nitrogen and oxygen atoms in total. The Bertz CT molecular complexity index is 1350. The number of carbonyl (C=O) groups is 1. The van der Waals surface area contributed by atoms with Crippen molar-refractivity contribution < 1.29 is 9.72 Å². The van der Waals surface area contributed by atoms with Crippen molar-refractivity contribution in [3.63, 3.8) is 0 Å². The molecular weight excluding hydrogens is 497 g/mol. The lowest BCUT2D eigenvalue weighted by atomic mass is 9.97. The minimum absolute atomic E-state index is 0. The van der Waals surface area contributed by atoms with Crippen LogP contribution >= 0.6 is 35.0 Å². The van der Waals surface area contributed by atoms with Crippen LogP contribution in [0, 0.1) is 32.8 Å². The van der Waals surface area contributed by atoms with Gasteiger partial charge >= 0.3 is 0 Å². The van der Waals surface area contributed by atoms with E-state index < -0.39 is 10.7 Å². The summed E-state index contributed by atoms with van der Waals surface area (Å²) in [6, 6.07) is 14.1. The van der Waals surface area contributed by atoms with E-state index in [4.69, 9.17) is 28.9 Å². The van der Waals surface area contributed by atoms with E-state index in [-0.39, 0.29) is 64.4 Å². The standard InChI is InChI=1S/C21H11Cl2N5O3S.2CH4/c22-12-3-1-2-11(6-12)19-15(8-24)20(26)27-21(16(19)9-25)32-10-18(29)14-7-13(28(30)31)4-5-17(14)23;;/h1-7H,10H2,(H2,26,27);2*1H4. The summed E-state index contributed by atoms with van der Waals surface area (Å²) in [5, 5.41) is 31.0. The molecule has 11 heteroatoms. The number of halogens is 2. The number of thioether (sulfide) groups is 1. The van der Waals surface area contributed by atoms with Gasteiger partial charge in [0.2, 0.25) is 0 Å². The molecule has 3 rings (SSSR count). The van der Waals surface area contributed by atoms with Crippen molar-refractivity contribution in [1.82, 2.24) is 4.98 Å². The number of nitro groups is 1. The number of hydrogen-bond donors (Lipinski definition) is 1. The van der Waals surface area contributed by atoms with Crippen molar-refractivity contribution in [2.45, 2.75) is 19.9 Å². The summed E-state index contributed by atoms with van der Waals surface area (Å²) in [7, 11) is 0. The highest BCUT2D eigenvalue weighted by atomic mass is 35.5. The summed E-state index contributed by atoms with van der Waals surface area (Å²) in [4.78, 5) is 27.2. The molecule has 0 fully saturated rings. The number of pyridine rings is 1. The third kappa shape index (κ3) is 5.83. The zero-order valence-electron chi connectivity index (χ0n) is 16.0. The van der Waals surface area contributed by atoms with Gasteiger partial charge in [0, 0.05) is 28.3 Å². The molecule has 1 aromatic heterocycles. The molecule has 0 spiro atoms. The first-order valence-electron chi connectivity index (χ1n) is 8.76. The van der Waals surface area contributed by atoms with E-state index in [1.54, 1.807) is 24.3 Å². The van der Waals surface area contributed by atoms with Crippen molar-refractivity contribution in [3.05, 3.63) is 79.3 Å². The van der Waals surface area contributed by atoms with Gasteiger partial charge < -0.3 is 5.73 Å². The molecule has 0 aliphatic rings. The Labute approximate surface area is 211 Å². The first-order chi connectivity index (χ1) is 15.3. The summed E-state index contributed by atoms with van der Waals surface area (Å²) >= 11 is 13.0. The summed E-state index contributed by atoms with van der Waals surface area (Å²) in [6.45, 7) is 0. The van der Waals surface area contributed by atoms with Gasteiger partial charge in [-0.3, -0.25) is 14.9 Å². The SMILES string of the molecule is C.C.N#Cc1c(N)nc(SCC(=O)c2cc([N+](=O)[O-])ccc2Cl)c(C#N)c1-c1cccc(Cl)c1. The van der Waals surface area contributed by atoms with Crippen LogP contribution in [-0.2, 0) is 0 Å². The van der Waals surface area contributed by atoms with Crippen LogP contribution in [-0.4, -0.2) is 21.4 Å². The lowest BCUT2D eigenvalue weighted by molar-refractivity contribution is -0.384. The molecule has 0 saturated carbocycles. The van der Waals surface area contributed by atoms with Gasteiger partial charge in [-0.1, -0.05) is 61.9 Å². The molecule has 0 aliphatic carbocycles. The van der Waals surface area contributed by atoms with Crippen LogP contribution in [0.15, 0.2) is 47.5 Å². The number of rotatable bonds is 6. The van der Waals surface area contributed by atoms with Gasteiger partial charge in [0.1, 0.15) is 28.5 Å². The molecule has 0 saturated heterocycles. The molecule has 0 atom stereocenters. The van der Waals surface area contributed by atoms with Gasteiger partial charge in [-0.25, -0.2) is 4.98 Å². The monoisotopic (exact) mass is 515 g/mol. The van der Waals surface area contributed by atoms with E-state index in [0.29, 0.717) is 10.6 Å². The molecular formula is C23H19Cl2N5O3S. The highest BCUT2D eigenvalue weighted by Gasteiger charge is 2.22. The summed E-state index contributed by atoms with van der Waals surface area (Å²) < 4.78 is 0. The zero-order chi connectivity index (χ0) is 23.4. The van der Waals surface area contributed by atoms with Gasteiger partial charge in [0.05, 0.1) is 21.3 Å². The number of nitrogens with two attached hydrogens (primary N) is 1. The van der Waals surface area contributed by atoms with Gasteiger partial charge in [0.25, 0.3) is 5.69 Å². The first-order valence-corrected chi connectivity index (χ1v) is 10.5. The molecule has 0 radical (unpaired) electrons. The van der Waals surface area contributed by atoms with E-state index in [9.17, 15) is 25.4 Å². The van der Waals surface area contributed by atoms with E-state index in [0.717, 1.165) is 17.8 Å². The number of hydrogen-bond acceptors (Lipinski definition) is 8. The van der Waals surface area contributed by atoms with Crippen LogP contribution in [0.4, 0.5) is 11.5 Å². The average Bonchev–Trinajstić information content (AvgIpc) is 2.77. The normalized spacial score (nSPS) is 9.65. The Balaban J connectivity index is 0.00000289. The number of ketones is 1. The highest BCUT2D eigenvalue weighted by molar-refractivity contribution is 8.00. The molecule has 2 aromatic carbocycles. The van der Waals surface area contributed by atoms with E-state index >= 15 is 0 Å². The molecule has 2 N–H and O–H groups in total. The third-order valence-corrected chi connectivity index (χ3v) is 5.87. The fraction of sp³-hybridized carbons (Fsp3) is 0.130. The zero-order valence-corrected chi connectivity index (χ0v) is 18.3. The second-order valence-corrected chi connectivity index (χ2v) is 8.10. The number of nitrogens with zero attached hydrogens (tertiary/aromatic N) is 4. The van der Waals surface area contributed by atoms with Gasteiger partial charge in [-0.05, 0) is 23.8 Å². The minimum Gasteiger partial charge on any atom is -0.383 e. The molecule has 0 aliphatic heterocycles. The summed E-state index contributed by atoms with van der Waals surface area (Å²) in [5.41, 5.74) is 6.48. The first kappa shape index (κ1) is 28.4. The quantitative estimate of drug-likeness (QED) is 0.168. The number of Topliss-reactive ketones (excluding diaryl/α,β-unsaturated/α-hetero) is 1. The largest absolute Gasteiger partial charge is 0.383 e. The number of nitrogen functional groups attached to an aromatic ring is 1. The molecule has 34 heavy (non-hydrogen) atoms. The topological polar surface area (TPSA) is 147 Å². The molecule has 0 unspecified atom stereocenters. The Morgan fingerprint density at radius 2 is 1.79 bits per heavy atom. The Morgan fingerprint density at radius 1 is 1.12 bits per heavy atom. The number of carbonyl (C=O) groups excluding carboxylic acids is 1. The molecule has 3 aromatic rings. The molecule has 0 bridgehead atoms. The fourth-order valence-electron chi connectivity index (χ4n) is 2.89. The second-order valence-electron chi connectivity index (χ2n) is 6.29. The fourth-order valence-corrected chi connectivity index (χ4v) is 4.18.